The first-order chi connectivity index (χ1) is 17.3. The van der Waals surface area contributed by atoms with E-state index in [0.717, 1.165) is 11.1 Å². The molecule has 0 aromatic heterocycles. The molecule has 0 saturated carbocycles. The molecule has 0 radical (unpaired) electrons. The Labute approximate surface area is 211 Å². The summed E-state index contributed by atoms with van der Waals surface area (Å²) in [6.45, 7) is 0.885. The van der Waals surface area contributed by atoms with Crippen LogP contribution in [-0.2, 0) is 32.7 Å². The highest BCUT2D eigenvalue weighted by atomic mass is 32.2. The van der Waals surface area contributed by atoms with Crippen LogP contribution >= 0.6 is 0 Å². The largest absolute Gasteiger partial charge is 0.334 e. The highest BCUT2D eigenvalue weighted by Gasteiger charge is 2.36. The second kappa shape index (κ2) is 11.3. The predicted molar refractivity (Wildman–Crippen MR) is 139 cm³/mol. The van der Waals surface area contributed by atoms with Gasteiger partial charge in [0.15, 0.2) is 0 Å². The van der Waals surface area contributed by atoms with Gasteiger partial charge in [0, 0.05) is 18.8 Å². The summed E-state index contributed by atoms with van der Waals surface area (Å²) >= 11 is 0. The predicted octanol–water partition coefficient (Wildman–Crippen LogP) is 4.08. The van der Waals surface area contributed by atoms with Gasteiger partial charge in [-0.15, -0.1) is 0 Å². The molecule has 0 heterocycles. The van der Waals surface area contributed by atoms with Crippen molar-refractivity contribution in [1.29, 1.82) is 0 Å². The number of nitrogens with zero attached hydrogens (tertiary/aromatic N) is 1. The van der Waals surface area contributed by atoms with Gasteiger partial charge >= 0.3 is 0 Å². The molecule has 1 aliphatic carbocycles. The van der Waals surface area contributed by atoms with Crippen molar-refractivity contribution in [2.75, 3.05) is 5.32 Å². The van der Waals surface area contributed by atoms with Crippen molar-refractivity contribution in [3.05, 3.63) is 108 Å². The number of benzene rings is 3. The second-order valence-electron chi connectivity index (χ2n) is 8.88. The first kappa shape index (κ1) is 25.3. The molecule has 0 fully saturated rings. The monoisotopic (exact) mass is 503 g/mol. The molecule has 0 aliphatic heterocycles. The summed E-state index contributed by atoms with van der Waals surface area (Å²) in [5.41, 5.74) is 2.48. The van der Waals surface area contributed by atoms with Crippen molar-refractivity contribution in [3.63, 3.8) is 0 Å². The molecule has 0 unspecified atom stereocenters. The maximum absolute atomic E-state index is 13.9. The summed E-state index contributed by atoms with van der Waals surface area (Å²) in [6.07, 6.45) is 4.80. The summed E-state index contributed by atoms with van der Waals surface area (Å²) in [5, 5.41) is 7.98. The Morgan fingerprint density at radius 1 is 0.778 bits per heavy atom. The molecule has 186 valence electrons. The molecule has 2 amide bonds. The summed E-state index contributed by atoms with van der Waals surface area (Å²) < 4.78 is 23.0. The summed E-state index contributed by atoms with van der Waals surface area (Å²) in [5.74, 6) is -1.40. The minimum atomic E-state index is -3.82. The zero-order valence-corrected chi connectivity index (χ0v) is 20.6. The van der Waals surface area contributed by atoms with Crippen LogP contribution in [0.4, 0.5) is 5.69 Å². The zero-order chi connectivity index (χ0) is 25.5. The van der Waals surface area contributed by atoms with Crippen LogP contribution in [0.5, 0.6) is 0 Å². The Hall–Kier alpha value is -3.75. The molecule has 3 aromatic carbocycles. The number of sulfonamides is 1. The number of amides is 2. The number of carbonyl (C=O) groups excluding carboxylic acids is 2. The van der Waals surface area contributed by atoms with E-state index in [1.807, 2.05) is 77.7 Å². The number of hydrogen-bond acceptors (Lipinski definition) is 4. The van der Waals surface area contributed by atoms with Gasteiger partial charge in [-0.1, -0.05) is 72.8 Å². The molecule has 36 heavy (non-hydrogen) atoms. The van der Waals surface area contributed by atoms with Crippen LogP contribution in [0.3, 0.4) is 0 Å². The molecule has 1 aliphatic rings. The average Bonchev–Trinajstić information content (AvgIpc) is 2.89. The molecule has 2 atom stereocenters. The molecule has 8 heteroatoms. The Balaban J connectivity index is 1.53. The van der Waals surface area contributed by atoms with Crippen LogP contribution < -0.4 is 10.5 Å². The molecule has 3 aromatic rings. The van der Waals surface area contributed by atoms with Crippen molar-refractivity contribution >= 4 is 27.5 Å². The lowest BCUT2D eigenvalue weighted by atomic mass is 9.81. The maximum Gasteiger partial charge on any atom is 0.238 e. The van der Waals surface area contributed by atoms with E-state index in [0.29, 0.717) is 31.6 Å². The van der Waals surface area contributed by atoms with Crippen LogP contribution in [0.1, 0.15) is 24.0 Å². The first-order valence-corrected chi connectivity index (χ1v) is 13.3. The van der Waals surface area contributed by atoms with Gasteiger partial charge in [0.25, 0.3) is 0 Å². The van der Waals surface area contributed by atoms with Crippen molar-refractivity contribution in [1.82, 2.24) is 4.90 Å². The Morgan fingerprint density at radius 3 is 1.78 bits per heavy atom. The number of anilines is 1. The summed E-state index contributed by atoms with van der Waals surface area (Å²) in [6, 6.07) is 25.3. The molecule has 3 N–H and O–H groups in total. The van der Waals surface area contributed by atoms with Crippen molar-refractivity contribution < 1.29 is 18.0 Å². The van der Waals surface area contributed by atoms with Gasteiger partial charge in [-0.2, -0.15) is 0 Å². The van der Waals surface area contributed by atoms with Crippen molar-refractivity contribution in [2.45, 2.75) is 30.8 Å². The Kier molecular flexibility index (Phi) is 7.97. The fourth-order valence-corrected chi connectivity index (χ4v) is 4.91. The number of primary sulfonamides is 1. The van der Waals surface area contributed by atoms with Crippen molar-refractivity contribution in [3.8, 4) is 0 Å². The number of rotatable bonds is 8. The number of hydrogen-bond donors (Lipinski definition) is 2. The maximum atomic E-state index is 13.9. The van der Waals surface area contributed by atoms with Crippen molar-refractivity contribution in [2.24, 2.45) is 17.0 Å². The van der Waals surface area contributed by atoms with E-state index in [1.165, 1.54) is 24.3 Å². The Bertz CT molecular complexity index is 1280. The van der Waals surface area contributed by atoms with E-state index in [2.05, 4.69) is 5.32 Å². The molecule has 7 nitrogen and oxygen atoms in total. The molecular formula is C28H29N3O4S. The summed E-state index contributed by atoms with van der Waals surface area (Å²) in [7, 11) is -3.82. The third-order valence-electron chi connectivity index (χ3n) is 6.28. The van der Waals surface area contributed by atoms with Gasteiger partial charge in [0.05, 0.1) is 16.7 Å². The summed E-state index contributed by atoms with van der Waals surface area (Å²) in [4.78, 5) is 28.9. The normalized spacial score (nSPS) is 17.4. The van der Waals surface area contributed by atoms with E-state index < -0.39 is 21.9 Å². The fourth-order valence-electron chi connectivity index (χ4n) is 4.39. The molecule has 0 bridgehead atoms. The van der Waals surface area contributed by atoms with Crippen LogP contribution in [-0.4, -0.2) is 25.1 Å². The lowest BCUT2D eigenvalue weighted by Crippen LogP contribution is -2.42. The second-order valence-corrected chi connectivity index (χ2v) is 10.4. The number of nitrogens with one attached hydrogen (secondary N) is 1. The van der Waals surface area contributed by atoms with E-state index in [9.17, 15) is 18.0 Å². The number of allylic oxidation sites excluding steroid dienone is 2. The molecule has 0 saturated heterocycles. The third kappa shape index (κ3) is 6.47. The quantitative estimate of drug-likeness (QED) is 0.451. The van der Waals surface area contributed by atoms with Gasteiger partial charge in [-0.3, -0.25) is 9.59 Å². The van der Waals surface area contributed by atoms with E-state index in [1.54, 1.807) is 0 Å². The van der Waals surface area contributed by atoms with Gasteiger partial charge in [0.1, 0.15) is 0 Å². The number of nitrogens with two attached hydrogens (primary N) is 1. The smallest absolute Gasteiger partial charge is 0.238 e. The van der Waals surface area contributed by atoms with Gasteiger partial charge in [0.2, 0.25) is 21.8 Å². The van der Waals surface area contributed by atoms with Gasteiger partial charge < -0.3 is 10.2 Å². The van der Waals surface area contributed by atoms with Crippen LogP contribution in [0.15, 0.2) is 102 Å². The lowest BCUT2D eigenvalue weighted by molar-refractivity contribution is -0.142. The van der Waals surface area contributed by atoms with Crippen LogP contribution in [0.25, 0.3) is 0 Å². The van der Waals surface area contributed by atoms with Crippen LogP contribution in [0, 0.1) is 11.8 Å². The SMILES string of the molecule is NS(=O)(=O)c1ccc(NC(=O)[C@@H]2CC=CC[C@H]2C(=O)N(Cc2ccccc2)Cc2ccccc2)cc1. The minimum Gasteiger partial charge on any atom is -0.334 e. The molecule has 4 rings (SSSR count). The molecular weight excluding hydrogens is 474 g/mol. The van der Waals surface area contributed by atoms with E-state index in [4.69, 9.17) is 5.14 Å². The zero-order valence-electron chi connectivity index (χ0n) is 19.8. The molecule has 0 spiro atoms. The van der Waals surface area contributed by atoms with E-state index >= 15 is 0 Å². The van der Waals surface area contributed by atoms with Gasteiger partial charge in [-0.05, 0) is 48.2 Å². The standard InChI is InChI=1S/C28H29N3O4S/c29-36(34,35)24-17-15-23(16-18-24)30-27(32)25-13-7-8-14-26(25)28(33)31(19-21-9-3-1-4-10-21)20-22-11-5-2-6-12-22/h1-12,15-18,25-26H,13-14,19-20H2,(H,30,32)(H2,29,34,35)/t25-,26-/m1/s1. The van der Waals surface area contributed by atoms with Gasteiger partial charge in [-0.25, -0.2) is 13.6 Å². The number of carbonyl (C=O) groups is 2. The third-order valence-corrected chi connectivity index (χ3v) is 7.21. The van der Waals surface area contributed by atoms with Crippen LogP contribution in [0.2, 0.25) is 0 Å². The van der Waals surface area contributed by atoms with E-state index in [-0.39, 0.29) is 16.7 Å². The highest BCUT2D eigenvalue weighted by molar-refractivity contribution is 7.89. The minimum absolute atomic E-state index is 0.0355. The highest BCUT2D eigenvalue weighted by Crippen LogP contribution is 2.30. The topological polar surface area (TPSA) is 110 Å². The Morgan fingerprint density at radius 2 is 1.28 bits per heavy atom. The lowest BCUT2D eigenvalue weighted by Gasteiger charge is -2.32. The fraction of sp³-hybridized carbons (Fsp3) is 0.214. The first-order valence-electron chi connectivity index (χ1n) is 11.8. The average molecular weight is 504 g/mol.